The van der Waals surface area contributed by atoms with E-state index in [1.54, 1.807) is 18.2 Å². The average Bonchev–Trinajstić information content (AvgIpc) is 2.56. The van der Waals surface area contributed by atoms with Crippen LogP contribution in [0.15, 0.2) is 71.6 Å². The lowest BCUT2D eigenvalue weighted by Gasteiger charge is -2.25. The number of allylic oxidation sites excluding steroid dienone is 3. The maximum atomic E-state index is 10.2. The summed E-state index contributed by atoms with van der Waals surface area (Å²) < 4.78 is 0. The van der Waals surface area contributed by atoms with Gasteiger partial charge in [-0.25, -0.2) is 0 Å². The summed E-state index contributed by atoms with van der Waals surface area (Å²) in [5, 5.41) is 39.2. The molecule has 0 fully saturated rings. The summed E-state index contributed by atoms with van der Waals surface area (Å²) in [6.07, 6.45) is 9.64. The van der Waals surface area contributed by atoms with E-state index in [0.29, 0.717) is 19.3 Å². The Morgan fingerprint density at radius 3 is 2.42 bits per heavy atom. The van der Waals surface area contributed by atoms with Gasteiger partial charge in [-0.1, -0.05) is 36.4 Å². The highest BCUT2D eigenvalue weighted by molar-refractivity contribution is 5.39. The predicted octanol–water partition coefficient (Wildman–Crippen LogP) is 2.93. The van der Waals surface area contributed by atoms with Crippen LogP contribution < -0.4 is 0 Å². The van der Waals surface area contributed by atoms with Crippen LogP contribution in [0.4, 0.5) is 0 Å². The molecule has 2 aliphatic rings. The number of aliphatic hydroxyl groups is 3. The molecule has 126 valence electrons. The number of phenols is 1. The zero-order valence-electron chi connectivity index (χ0n) is 13.3. The fourth-order valence-electron chi connectivity index (χ4n) is 3.07. The Morgan fingerprint density at radius 2 is 1.75 bits per heavy atom. The Balaban J connectivity index is 1.74. The summed E-state index contributed by atoms with van der Waals surface area (Å²) >= 11 is 0. The lowest BCUT2D eigenvalue weighted by atomic mass is 9.85. The number of aromatic hydroxyl groups is 1. The number of rotatable bonds is 4. The minimum absolute atomic E-state index is 0.116. The first-order valence-electron chi connectivity index (χ1n) is 8.14. The third-order valence-corrected chi connectivity index (χ3v) is 4.47. The number of hydrogen-bond acceptors (Lipinski definition) is 4. The van der Waals surface area contributed by atoms with Crippen LogP contribution in [-0.2, 0) is 6.42 Å². The zero-order valence-corrected chi connectivity index (χ0v) is 13.3. The van der Waals surface area contributed by atoms with E-state index in [-0.39, 0.29) is 17.4 Å². The molecular weight excluding hydrogens is 304 g/mol. The van der Waals surface area contributed by atoms with Gasteiger partial charge in [0.2, 0.25) is 0 Å². The minimum atomic E-state index is -0.736. The maximum absolute atomic E-state index is 10.2. The van der Waals surface area contributed by atoms with Crippen LogP contribution in [0.25, 0.3) is 0 Å². The summed E-state index contributed by atoms with van der Waals surface area (Å²) in [6, 6.07) is 6.93. The highest BCUT2D eigenvalue weighted by Crippen LogP contribution is 2.30. The first-order valence-corrected chi connectivity index (χ1v) is 8.14. The number of hydrogen-bond donors (Lipinski definition) is 4. The van der Waals surface area contributed by atoms with E-state index in [9.17, 15) is 20.4 Å². The first-order chi connectivity index (χ1) is 11.5. The van der Waals surface area contributed by atoms with Crippen LogP contribution in [0, 0.1) is 5.92 Å². The number of aliphatic hydroxyl groups excluding tert-OH is 3. The molecule has 0 spiro atoms. The van der Waals surface area contributed by atoms with Crippen molar-refractivity contribution in [3.8, 4) is 5.75 Å². The van der Waals surface area contributed by atoms with E-state index in [0.717, 1.165) is 16.7 Å². The average molecular weight is 326 g/mol. The fourth-order valence-corrected chi connectivity index (χ4v) is 3.07. The van der Waals surface area contributed by atoms with Crippen molar-refractivity contribution < 1.29 is 20.4 Å². The lowest BCUT2D eigenvalue weighted by Crippen LogP contribution is -2.23. The molecule has 3 unspecified atom stereocenters. The summed E-state index contributed by atoms with van der Waals surface area (Å²) in [6.45, 7) is 0. The van der Waals surface area contributed by atoms with Crippen molar-refractivity contribution in [1.29, 1.82) is 0 Å². The van der Waals surface area contributed by atoms with Crippen molar-refractivity contribution in [2.75, 3.05) is 0 Å². The SMILES string of the molecule is OC1=CC(O)C(Cc2ccc(O)cc2)C=C1CC1=CCC(O)C=C1. The second-order valence-corrected chi connectivity index (χ2v) is 6.39. The molecule has 1 aromatic carbocycles. The molecule has 0 saturated heterocycles. The summed E-state index contributed by atoms with van der Waals surface area (Å²) in [5.74, 6) is 0.207. The summed E-state index contributed by atoms with van der Waals surface area (Å²) in [4.78, 5) is 0. The molecule has 0 aromatic heterocycles. The highest BCUT2D eigenvalue weighted by atomic mass is 16.3. The van der Waals surface area contributed by atoms with Gasteiger partial charge in [0, 0.05) is 12.3 Å². The lowest BCUT2D eigenvalue weighted by molar-refractivity contribution is 0.167. The Kier molecular flexibility index (Phi) is 4.88. The topological polar surface area (TPSA) is 80.9 Å². The molecule has 4 nitrogen and oxygen atoms in total. The Bertz CT molecular complexity index is 710. The van der Waals surface area contributed by atoms with Crippen LogP contribution in [0.2, 0.25) is 0 Å². The normalized spacial score (nSPS) is 26.6. The molecule has 0 radical (unpaired) electrons. The van der Waals surface area contributed by atoms with E-state index < -0.39 is 12.2 Å². The molecule has 0 saturated carbocycles. The molecule has 24 heavy (non-hydrogen) atoms. The molecule has 2 aliphatic carbocycles. The second-order valence-electron chi connectivity index (χ2n) is 6.39. The van der Waals surface area contributed by atoms with Gasteiger partial charge < -0.3 is 20.4 Å². The van der Waals surface area contributed by atoms with Gasteiger partial charge in [-0.2, -0.15) is 0 Å². The van der Waals surface area contributed by atoms with Gasteiger partial charge >= 0.3 is 0 Å². The molecule has 0 aliphatic heterocycles. The molecule has 1 aromatic rings. The molecule has 4 heteroatoms. The smallest absolute Gasteiger partial charge is 0.117 e. The van der Waals surface area contributed by atoms with Crippen LogP contribution >= 0.6 is 0 Å². The van der Waals surface area contributed by atoms with Gasteiger partial charge in [0.05, 0.1) is 12.2 Å². The van der Waals surface area contributed by atoms with Crippen LogP contribution in [0.5, 0.6) is 5.75 Å². The van der Waals surface area contributed by atoms with Gasteiger partial charge in [0.15, 0.2) is 0 Å². The van der Waals surface area contributed by atoms with E-state index in [1.165, 1.54) is 6.08 Å². The van der Waals surface area contributed by atoms with Gasteiger partial charge in [-0.3, -0.25) is 0 Å². The molecular formula is C20H22O4. The van der Waals surface area contributed by atoms with Crippen molar-refractivity contribution >= 4 is 0 Å². The predicted molar refractivity (Wildman–Crippen MR) is 92.6 cm³/mol. The van der Waals surface area contributed by atoms with Crippen LogP contribution in [-0.4, -0.2) is 32.6 Å². The molecule has 4 N–H and O–H groups in total. The van der Waals surface area contributed by atoms with Gasteiger partial charge in [0.1, 0.15) is 11.5 Å². The maximum Gasteiger partial charge on any atom is 0.117 e. The summed E-state index contributed by atoms with van der Waals surface area (Å²) in [7, 11) is 0. The van der Waals surface area contributed by atoms with Crippen molar-refractivity contribution in [2.45, 2.75) is 31.5 Å². The molecule has 0 bridgehead atoms. The molecule has 3 atom stereocenters. The third-order valence-electron chi connectivity index (χ3n) is 4.47. The Morgan fingerprint density at radius 1 is 1.00 bits per heavy atom. The van der Waals surface area contributed by atoms with E-state index in [2.05, 4.69) is 0 Å². The van der Waals surface area contributed by atoms with Gasteiger partial charge in [0.25, 0.3) is 0 Å². The summed E-state index contributed by atoms with van der Waals surface area (Å²) in [5.41, 5.74) is 2.85. The van der Waals surface area contributed by atoms with Crippen molar-refractivity contribution in [1.82, 2.24) is 0 Å². The third kappa shape index (κ3) is 3.96. The zero-order chi connectivity index (χ0) is 17.1. The quantitative estimate of drug-likeness (QED) is 0.686. The molecule has 0 amide bonds. The van der Waals surface area contributed by atoms with Gasteiger partial charge in [-0.15, -0.1) is 0 Å². The Labute approximate surface area is 141 Å². The standard InChI is InChI=1S/C20H22O4/c21-17-5-1-13(2-6-17)9-15-11-16(20(24)12-19(15)23)10-14-3-7-18(22)8-4-14/h1-7,11-12,15,18-19,21-24H,8-10H2. The van der Waals surface area contributed by atoms with Crippen LogP contribution in [0.1, 0.15) is 18.4 Å². The number of phenolic OH excluding ortho intramolecular Hbond substituents is 1. The largest absolute Gasteiger partial charge is 0.508 e. The van der Waals surface area contributed by atoms with E-state index in [1.807, 2.05) is 30.4 Å². The van der Waals surface area contributed by atoms with Crippen molar-refractivity contribution in [3.63, 3.8) is 0 Å². The first kappa shape index (κ1) is 16.6. The molecule has 3 rings (SSSR count). The fraction of sp³-hybridized carbons (Fsp3) is 0.300. The highest BCUT2D eigenvalue weighted by Gasteiger charge is 2.24. The number of benzene rings is 1. The second kappa shape index (κ2) is 7.07. The minimum Gasteiger partial charge on any atom is -0.508 e. The van der Waals surface area contributed by atoms with Crippen molar-refractivity contribution in [3.05, 3.63) is 77.1 Å². The van der Waals surface area contributed by atoms with E-state index >= 15 is 0 Å². The Hall–Kier alpha value is -2.30. The monoisotopic (exact) mass is 326 g/mol. The van der Waals surface area contributed by atoms with Crippen LogP contribution in [0.3, 0.4) is 0 Å². The molecule has 0 heterocycles. The van der Waals surface area contributed by atoms with Gasteiger partial charge in [-0.05, 0) is 47.8 Å². The van der Waals surface area contributed by atoms with Crippen molar-refractivity contribution in [2.24, 2.45) is 5.92 Å². The van der Waals surface area contributed by atoms with E-state index in [4.69, 9.17) is 0 Å².